The van der Waals surface area contributed by atoms with Crippen LogP contribution in [0.1, 0.15) is 20.8 Å². The van der Waals surface area contributed by atoms with Crippen LogP contribution in [0.2, 0.25) is 10.0 Å². The summed E-state index contributed by atoms with van der Waals surface area (Å²) in [6.45, 7) is 5.43. The van der Waals surface area contributed by atoms with E-state index in [0.29, 0.717) is 15.8 Å². The van der Waals surface area contributed by atoms with Crippen LogP contribution in [-0.4, -0.2) is 46.5 Å². The maximum absolute atomic E-state index is 12.6. The zero-order valence-electron chi connectivity index (χ0n) is 14.1. The third-order valence-electron chi connectivity index (χ3n) is 3.43. The van der Waals surface area contributed by atoms with Crippen LogP contribution in [-0.2, 0) is 4.79 Å². The molecule has 6 nitrogen and oxygen atoms in total. The molecule has 0 aromatic heterocycles. The third-order valence-corrected chi connectivity index (χ3v) is 5.20. The molecule has 0 atom stereocenters. The molecule has 1 N–H and O–H groups in total. The van der Waals surface area contributed by atoms with E-state index in [4.69, 9.17) is 23.2 Å². The highest BCUT2D eigenvalue weighted by Gasteiger charge is 2.42. The van der Waals surface area contributed by atoms with Crippen molar-refractivity contribution in [2.75, 3.05) is 23.0 Å². The van der Waals surface area contributed by atoms with Gasteiger partial charge in [0.15, 0.2) is 0 Å². The molecule has 0 spiro atoms. The fraction of sp³-hybridized carbons (Fsp3) is 0.438. The first-order valence-corrected chi connectivity index (χ1v) is 9.56. The zero-order valence-corrected chi connectivity index (χ0v) is 16.5. The minimum atomic E-state index is -0.722. The first-order chi connectivity index (χ1) is 11.6. The summed E-state index contributed by atoms with van der Waals surface area (Å²) in [7, 11) is 0. The van der Waals surface area contributed by atoms with E-state index in [1.54, 1.807) is 11.8 Å². The highest BCUT2D eigenvalue weighted by Crippen LogP contribution is 2.28. The van der Waals surface area contributed by atoms with Crippen LogP contribution in [0.4, 0.5) is 15.3 Å². The van der Waals surface area contributed by atoms with Crippen molar-refractivity contribution in [3.63, 3.8) is 0 Å². The van der Waals surface area contributed by atoms with Crippen molar-refractivity contribution >= 4 is 58.6 Å². The second kappa shape index (κ2) is 7.85. The van der Waals surface area contributed by atoms with E-state index in [9.17, 15) is 14.4 Å². The van der Waals surface area contributed by atoms with Crippen molar-refractivity contribution < 1.29 is 14.4 Å². The van der Waals surface area contributed by atoms with E-state index in [2.05, 4.69) is 5.32 Å². The number of nitrogens with one attached hydrogen (secondary N) is 1. The summed E-state index contributed by atoms with van der Waals surface area (Å²) < 4.78 is 0. The SMILES string of the molecule is CCSCC(C)(C)NC(=O)N1CC(=O)N(c2cc(Cl)cc(Cl)c2)C1=O. The van der Waals surface area contributed by atoms with Crippen molar-refractivity contribution in [3.8, 4) is 0 Å². The van der Waals surface area contributed by atoms with E-state index < -0.39 is 23.5 Å². The average molecular weight is 404 g/mol. The molecule has 1 aromatic rings. The number of halogens is 2. The molecule has 2 rings (SSSR count). The molecule has 0 aliphatic carbocycles. The summed E-state index contributed by atoms with van der Waals surface area (Å²) in [6, 6.07) is 3.07. The van der Waals surface area contributed by atoms with Gasteiger partial charge in [0.05, 0.1) is 5.69 Å². The Morgan fingerprint density at radius 3 is 2.40 bits per heavy atom. The number of benzene rings is 1. The van der Waals surface area contributed by atoms with E-state index in [-0.39, 0.29) is 12.2 Å². The van der Waals surface area contributed by atoms with Crippen molar-refractivity contribution in [1.82, 2.24) is 10.2 Å². The van der Waals surface area contributed by atoms with Crippen LogP contribution in [0.5, 0.6) is 0 Å². The molecular weight excluding hydrogens is 385 g/mol. The van der Waals surface area contributed by atoms with E-state index in [0.717, 1.165) is 15.6 Å². The van der Waals surface area contributed by atoms with Gasteiger partial charge in [-0.25, -0.2) is 19.4 Å². The normalized spacial score (nSPS) is 15.1. The van der Waals surface area contributed by atoms with Gasteiger partial charge >= 0.3 is 12.1 Å². The van der Waals surface area contributed by atoms with E-state index in [1.807, 2.05) is 20.8 Å². The monoisotopic (exact) mass is 403 g/mol. The zero-order chi connectivity index (χ0) is 18.8. The van der Waals surface area contributed by atoms with Gasteiger partial charge in [0.25, 0.3) is 5.91 Å². The predicted molar refractivity (Wildman–Crippen MR) is 102 cm³/mol. The Morgan fingerprint density at radius 1 is 1.24 bits per heavy atom. The molecule has 1 heterocycles. The predicted octanol–water partition coefficient (Wildman–Crippen LogP) is 4.00. The summed E-state index contributed by atoms with van der Waals surface area (Å²) in [5, 5.41) is 3.38. The fourth-order valence-electron chi connectivity index (χ4n) is 2.33. The number of amides is 5. The number of rotatable bonds is 5. The first-order valence-electron chi connectivity index (χ1n) is 7.65. The van der Waals surface area contributed by atoms with Crippen molar-refractivity contribution in [3.05, 3.63) is 28.2 Å². The van der Waals surface area contributed by atoms with Gasteiger partial charge in [-0.1, -0.05) is 30.1 Å². The molecule has 1 aliphatic rings. The molecule has 1 aromatic carbocycles. The van der Waals surface area contributed by atoms with E-state index >= 15 is 0 Å². The maximum Gasteiger partial charge on any atom is 0.340 e. The molecule has 1 saturated heterocycles. The highest BCUT2D eigenvalue weighted by atomic mass is 35.5. The van der Waals surface area contributed by atoms with Gasteiger partial charge < -0.3 is 5.32 Å². The topological polar surface area (TPSA) is 69.7 Å². The number of carbonyl (C=O) groups excluding carboxylic acids is 3. The second-order valence-electron chi connectivity index (χ2n) is 6.18. The molecule has 9 heteroatoms. The lowest BCUT2D eigenvalue weighted by Gasteiger charge is -2.27. The summed E-state index contributed by atoms with van der Waals surface area (Å²) in [5.41, 5.74) is -0.267. The van der Waals surface area contributed by atoms with Gasteiger partial charge in [-0.3, -0.25) is 4.79 Å². The third kappa shape index (κ3) is 4.80. The number of anilines is 1. The van der Waals surface area contributed by atoms with Gasteiger partial charge in [0.2, 0.25) is 0 Å². The summed E-state index contributed by atoms with van der Waals surface area (Å²) in [6.07, 6.45) is 0. The molecular formula is C16H19Cl2N3O3S. The van der Waals surface area contributed by atoms with Crippen LogP contribution < -0.4 is 10.2 Å². The van der Waals surface area contributed by atoms with Crippen molar-refractivity contribution in [1.29, 1.82) is 0 Å². The smallest absolute Gasteiger partial charge is 0.332 e. The summed E-state index contributed by atoms with van der Waals surface area (Å²) in [4.78, 5) is 39.0. The Bertz CT molecular complexity index is 692. The first kappa shape index (κ1) is 19.9. The number of hydrogen-bond acceptors (Lipinski definition) is 4. The van der Waals surface area contributed by atoms with Crippen LogP contribution in [0.15, 0.2) is 18.2 Å². The minimum absolute atomic E-state index is 0.239. The van der Waals surface area contributed by atoms with Crippen molar-refractivity contribution in [2.24, 2.45) is 0 Å². The molecule has 1 fully saturated rings. The van der Waals surface area contributed by atoms with Crippen LogP contribution in [0.3, 0.4) is 0 Å². The second-order valence-corrected chi connectivity index (χ2v) is 8.32. The van der Waals surface area contributed by atoms with Gasteiger partial charge in [0.1, 0.15) is 6.54 Å². The van der Waals surface area contributed by atoms with Gasteiger partial charge in [-0.2, -0.15) is 11.8 Å². The Hall–Kier alpha value is -1.44. The molecule has 136 valence electrons. The molecule has 0 saturated carbocycles. The van der Waals surface area contributed by atoms with Gasteiger partial charge in [-0.05, 0) is 37.8 Å². The Labute approximate surface area is 160 Å². The van der Waals surface area contributed by atoms with Crippen LogP contribution in [0, 0.1) is 0 Å². The van der Waals surface area contributed by atoms with E-state index in [1.165, 1.54) is 18.2 Å². The molecule has 25 heavy (non-hydrogen) atoms. The minimum Gasteiger partial charge on any atom is -0.332 e. The largest absolute Gasteiger partial charge is 0.340 e. The number of hydrogen-bond donors (Lipinski definition) is 1. The number of thioether (sulfide) groups is 1. The lowest BCUT2D eigenvalue weighted by Crippen LogP contribution is -2.52. The lowest BCUT2D eigenvalue weighted by atomic mass is 10.1. The maximum atomic E-state index is 12.6. The molecule has 5 amide bonds. The Morgan fingerprint density at radius 2 is 1.84 bits per heavy atom. The van der Waals surface area contributed by atoms with Crippen LogP contribution >= 0.6 is 35.0 Å². The highest BCUT2D eigenvalue weighted by molar-refractivity contribution is 7.99. The quantitative estimate of drug-likeness (QED) is 0.754. The number of nitrogens with zero attached hydrogens (tertiary/aromatic N) is 2. The molecule has 1 aliphatic heterocycles. The molecule has 0 unspecified atom stereocenters. The van der Waals surface area contributed by atoms with Gasteiger partial charge in [-0.15, -0.1) is 0 Å². The van der Waals surface area contributed by atoms with Crippen molar-refractivity contribution in [2.45, 2.75) is 26.3 Å². The molecule has 0 bridgehead atoms. The fourth-order valence-corrected chi connectivity index (χ4v) is 3.63. The standard InChI is InChI=1S/C16H19Cl2N3O3S/c1-4-25-9-16(2,3)19-14(23)20-8-13(22)21(15(20)24)12-6-10(17)5-11(18)7-12/h5-7H,4,8-9H2,1-3H3,(H,19,23). The average Bonchev–Trinajstić information content (AvgIpc) is 2.79. The number of carbonyl (C=O) groups is 3. The summed E-state index contributed by atoms with van der Waals surface area (Å²) in [5.74, 6) is 1.10. The van der Waals surface area contributed by atoms with Crippen LogP contribution in [0.25, 0.3) is 0 Å². The Kier molecular flexibility index (Phi) is 6.24. The lowest BCUT2D eigenvalue weighted by molar-refractivity contribution is -0.116. The van der Waals surface area contributed by atoms with Gasteiger partial charge in [0, 0.05) is 21.3 Å². The summed E-state index contributed by atoms with van der Waals surface area (Å²) >= 11 is 13.5. The Balaban J connectivity index is 2.16. The molecule has 0 radical (unpaired) electrons. The number of urea groups is 2. The number of imide groups is 2.